The van der Waals surface area contributed by atoms with Gasteiger partial charge in [0.15, 0.2) is 21.5 Å². The lowest BCUT2D eigenvalue weighted by Crippen LogP contribution is -2.26. The van der Waals surface area contributed by atoms with Crippen molar-refractivity contribution in [2.45, 2.75) is 38.5 Å². The summed E-state index contributed by atoms with van der Waals surface area (Å²) < 4.78 is 24.0. The van der Waals surface area contributed by atoms with Gasteiger partial charge in [0.1, 0.15) is 11.5 Å². The fourth-order valence-electron chi connectivity index (χ4n) is 2.62. The fraction of sp³-hybridized carbons (Fsp3) is 0.444. The number of nitrogen functional groups attached to an aromatic ring is 1. The van der Waals surface area contributed by atoms with Crippen LogP contribution in [0.2, 0.25) is 0 Å². The average molecular weight is 456 g/mol. The molecule has 27 heavy (non-hydrogen) atoms. The molecule has 0 atom stereocenters. The molecule has 0 saturated carbocycles. The molecule has 0 unspecified atom stereocenters. The topological polar surface area (TPSA) is 101 Å². The number of nitrogens with zero attached hydrogens (tertiary/aromatic N) is 3. The molecule has 9 heteroatoms. The second-order valence-electron chi connectivity index (χ2n) is 6.33. The van der Waals surface area contributed by atoms with Crippen LogP contribution in [0, 0.1) is 6.92 Å². The molecule has 2 aromatic rings. The lowest BCUT2D eigenvalue weighted by molar-refractivity contribution is 0.602. The lowest BCUT2D eigenvalue weighted by atomic mass is 10.2. The number of aryl methyl sites for hydroxylation is 1. The maximum Gasteiger partial charge on any atom is 0.175 e. The molecule has 1 heterocycles. The third-order valence-corrected chi connectivity index (χ3v) is 5.89. The molecule has 0 fully saturated rings. The molecule has 0 amide bonds. The van der Waals surface area contributed by atoms with Crippen molar-refractivity contribution in [3.63, 3.8) is 0 Å². The molecule has 0 radical (unpaired) electrons. The first kappa shape index (κ1) is 21.4. The first-order valence-corrected chi connectivity index (χ1v) is 11.5. The zero-order valence-electron chi connectivity index (χ0n) is 16.1. The Hall–Kier alpha value is -1.87. The van der Waals surface area contributed by atoms with Gasteiger partial charge in [-0.3, -0.25) is 0 Å². The number of nitrogens with one attached hydrogen (secondary N) is 1. The van der Waals surface area contributed by atoms with Crippen LogP contribution in [0.4, 0.5) is 23.0 Å². The Labute approximate surface area is 169 Å². The van der Waals surface area contributed by atoms with Crippen LogP contribution in [0.15, 0.2) is 27.6 Å². The zero-order valence-corrected chi connectivity index (χ0v) is 18.5. The number of hydrogen-bond acceptors (Lipinski definition) is 7. The Balaban J connectivity index is 2.40. The number of nitrogens with two attached hydrogens (primary N) is 1. The summed E-state index contributed by atoms with van der Waals surface area (Å²) in [5.74, 6) is 1.82. The van der Waals surface area contributed by atoms with Gasteiger partial charge in [-0.05, 0) is 54.4 Å². The van der Waals surface area contributed by atoms with E-state index in [9.17, 15) is 8.42 Å². The fourth-order valence-corrected chi connectivity index (χ4v) is 3.90. The van der Waals surface area contributed by atoms with Crippen LogP contribution in [0.1, 0.15) is 32.5 Å². The van der Waals surface area contributed by atoms with E-state index in [2.05, 4.69) is 50.0 Å². The molecule has 1 aromatic carbocycles. The summed E-state index contributed by atoms with van der Waals surface area (Å²) in [6, 6.07) is 4.79. The van der Waals surface area contributed by atoms with E-state index in [1.165, 1.54) is 6.26 Å². The number of halogens is 1. The molecule has 2 rings (SSSR count). The van der Waals surface area contributed by atoms with Gasteiger partial charge in [-0.2, -0.15) is 0 Å². The van der Waals surface area contributed by atoms with Crippen LogP contribution in [0.25, 0.3) is 0 Å². The minimum atomic E-state index is -3.27. The Morgan fingerprint density at radius 3 is 2.52 bits per heavy atom. The number of sulfone groups is 1. The van der Waals surface area contributed by atoms with Crippen molar-refractivity contribution in [2.75, 3.05) is 35.3 Å². The largest absolute Gasteiger partial charge is 0.393 e. The summed E-state index contributed by atoms with van der Waals surface area (Å²) in [6.45, 7) is 7.71. The standard InChI is InChI=1S/C18H26BrN5O2S/c1-5-7-10-24(6-2)18-16(20)17(21-12(3)22-18)23-15-9-8-13(11-14(15)19)27(4,25)26/h8-9,11H,5-7,10,20H2,1-4H3,(H,21,22,23). The molecule has 0 aliphatic carbocycles. The van der Waals surface area contributed by atoms with Gasteiger partial charge in [-0.25, -0.2) is 18.4 Å². The quantitative estimate of drug-likeness (QED) is 0.621. The molecule has 0 bridgehead atoms. The highest BCUT2D eigenvalue weighted by Gasteiger charge is 2.17. The second kappa shape index (κ2) is 8.88. The number of aromatic nitrogens is 2. The Morgan fingerprint density at radius 2 is 1.96 bits per heavy atom. The highest BCUT2D eigenvalue weighted by Crippen LogP contribution is 2.33. The Bertz CT molecular complexity index is 918. The van der Waals surface area contributed by atoms with E-state index in [0.29, 0.717) is 33.3 Å². The van der Waals surface area contributed by atoms with E-state index < -0.39 is 9.84 Å². The summed E-state index contributed by atoms with van der Waals surface area (Å²) in [4.78, 5) is 11.3. The smallest absolute Gasteiger partial charge is 0.175 e. The van der Waals surface area contributed by atoms with Crippen molar-refractivity contribution < 1.29 is 8.42 Å². The molecule has 148 valence electrons. The van der Waals surface area contributed by atoms with E-state index in [1.54, 1.807) is 18.2 Å². The van der Waals surface area contributed by atoms with Crippen molar-refractivity contribution in [3.8, 4) is 0 Å². The van der Waals surface area contributed by atoms with Crippen molar-refractivity contribution >= 4 is 48.8 Å². The number of rotatable bonds is 8. The number of benzene rings is 1. The molecule has 3 N–H and O–H groups in total. The third kappa shape index (κ3) is 5.32. The number of unbranched alkanes of at least 4 members (excludes halogenated alkanes) is 1. The van der Waals surface area contributed by atoms with Crippen LogP contribution < -0.4 is 16.0 Å². The van der Waals surface area contributed by atoms with Gasteiger partial charge in [-0.15, -0.1) is 0 Å². The maximum absolute atomic E-state index is 11.7. The summed E-state index contributed by atoms with van der Waals surface area (Å²) >= 11 is 3.41. The molecule has 0 aliphatic heterocycles. The van der Waals surface area contributed by atoms with Gasteiger partial charge in [-0.1, -0.05) is 13.3 Å². The Morgan fingerprint density at radius 1 is 1.26 bits per heavy atom. The number of anilines is 4. The lowest BCUT2D eigenvalue weighted by Gasteiger charge is -2.24. The summed E-state index contributed by atoms with van der Waals surface area (Å²) in [7, 11) is -3.27. The van der Waals surface area contributed by atoms with Gasteiger partial charge < -0.3 is 16.0 Å². The van der Waals surface area contributed by atoms with Gasteiger partial charge in [0.2, 0.25) is 0 Å². The normalized spacial score (nSPS) is 11.4. The molecule has 1 aromatic heterocycles. The predicted molar refractivity (Wildman–Crippen MR) is 115 cm³/mol. The second-order valence-corrected chi connectivity index (χ2v) is 9.20. The van der Waals surface area contributed by atoms with Crippen molar-refractivity contribution in [1.82, 2.24) is 9.97 Å². The summed E-state index contributed by atoms with van der Waals surface area (Å²) in [6.07, 6.45) is 3.32. The van der Waals surface area contributed by atoms with Crippen molar-refractivity contribution in [1.29, 1.82) is 0 Å². The monoisotopic (exact) mass is 455 g/mol. The van der Waals surface area contributed by atoms with Crippen LogP contribution >= 0.6 is 15.9 Å². The predicted octanol–water partition coefficient (Wildman–Crippen LogP) is 3.90. The van der Waals surface area contributed by atoms with E-state index in [-0.39, 0.29) is 4.90 Å². The van der Waals surface area contributed by atoms with Crippen LogP contribution in [0.5, 0.6) is 0 Å². The molecular weight excluding hydrogens is 430 g/mol. The van der Waals surface area contributed by atoms with E-state index in [4.69, 9.17) is 5.73 Å². The molecule has 0 spiro atoms. The van der Waals surface area contributed by atoms with Gasteiger partial charge in [0.25, 0.3) is 0 Å². The highest BCUT2D eigenvalue weighted by atomic mass is 79.9. The first-order chi connectivity index (χ1) is 12.7. The van der Waals surface area contributed by atoms with Crippen LogP contribution in [-0.4, -0.2) is 37.7 Å². The van der Waals surface area contributed by atoms with Gasteiger partial charge in [0, 0.05) is 23.8 Å². The van der Waals surface area contributed by atoms with E-state index in [1.807, 2.05) is 6.92 Å². The maximum atomic E-state index is 11.7. The summed E-state index contributed by atoms with van der Waals surface area (Å²) in [5.41, 5.74) is 7.50. The van der Waals surface area contributed by atoms with Gasteiger partial charge in [0.05, 0.1) is 10.6 Å². The summed E-state index contributed by atoms with van der Waals surface area (Å²) in [5, 5.41) is 3.19. The SMILES string of the molecule is CCCCN(CC)c1nc(C)nc(Nc2ccc(S(C)(=O)=O)cc2Br)c1N. The Kier molecular flexibility index (Phi) is 7.05. The third-order valence-electron chi connectivity index (χ3n) is 4.12. The van der Waals surface area contributed by atoms with Gasteiger partial charge >= 0.3 is 0 Å². The van der Waals surface area contributed by atoms with E-state index in [0.717, 1.165) is 25.9 Å². The molecule has 0 aliphatic rings. The minimum absolute atomic E-state index is 0.240. The minimum Gasteiger partial charge on any atom is -0.393 e. The molecular formula is C18H26BrN5O2S. The van der Waals surface area contributed by atoms with Crippen LogP contribution in [0.3, 0.4) is 0 Å². The molecule has 0 saturated heterocycles. The average Bonchev–Trinajstić information content (AvgIpc) is 2.59. The highest BCUT2D eigenvalue weighted by molar-refractivity contribution is 9.10. The van der Waals surface area contributed by atoms with Crippen molar-refractivity contribution in [2.24, 2.45) is 0 Å². The van der Waals surface area contributed by atoms with E-state index >= 15 is 0 Å². The first-order valence-electron chi connectivity index (χ1n) is 8.83. The molecule has 7 nitrogen and oxygen atoms in total. The number of hydrogen-bond donors (Lipinski definition) is 2. The zero-order chi connectivity index (χ0) is 20.2. The van der Waals surface area contributed by atoms with Crippen molar-refractivity contribution in [3.05, 3.63) is 28.5 Å². The van der Waals surface area contributed by atoms with Crippen LogP contribution in [-0.2, 0) is 9.84 Å².